The Labute approximate surface area is 89.7 Å². The Bertz CT molecular complexity index is 265. The zero-order chi connectivity index (χ0) is 9.15. The van der Waals surface area contributed by atoms with Gasteiger partial charge in [-0.1, -0.05) is 0 Å². The van der Waals surface area contributed by atoms with Gasteiger partial charge in [0.25, 0.3) is 0 Å². The number of benzene rings is 1. The molecule has 1 aliphatic heterocycles. The van der Waals surface area contributed by atoms with Gasteiger partial charge < -0.3 is 0 Å². The molecule has 1 fully saturated rings. The fourth-order valence-electron chi connectivity index (χ4n) is 1.97. The SMILES string of the molecule is Br[As+]1(c2ccccc2)CCCCC1. The predicted octanol–water partition coefficient (Wildman–Crippen LogP) is 3.42. The molecule has 0 aliphatic carbocycles. The van der Waals surface area contributed by atoms with Crippen LogP contribution >= 0.6 is 13.9 Å². The molecular formula is C11H15AsBr+. The molecule has 0 bridgehead atoms. The zero-order valence-electron chi connectivity index (χ0n) is 7.75. The molecule has 1 aromatic rings. The van der Waals surface area contributed by atoms with Crippen LogP contribution in [-0.2, 0) is 0 Å². The molecule has 1 aliphatic rings. The Balaban J connectivity index is 2.23. The molecule has 1 aromatic carbocycles. The number of rotatable bonds is 1. The van der Waals surface area contributed by atoms with Gasteiger partial charge in [0.1, 0.15) is 0 Å². The summed E-state index contributed by atoms with van der Waals surface area (Å²) in [5.74, 6) is 0. The topological polar surface area (TPSA) is 0 Å². The molecule has 70 valence electrons. The van der Waals surface area contributed by atoms with Crippen LogP contribution in [0.25, 0.3) is 0 Å². The molecule has 2 heteroatoms. The van der Waals surface area contributed by atoms with Crippen molar-refractivity contribution >= 4 is 30.0 Å². The third-order valence-corrected chi connectivity index (χ3v) is 15.4. The second-order valence-electron chi connectivity index (χ2n) is 3.71. The summed E-state index contributed by atoms with van der Waals surface area (Å²) in [6.45, 7) is 0. The van der Waals surface area contributed by atoms with Crippen LogP contribution in [0.5, 0.6) is 0 Å². The Morgan fingerprint density at radius 3 is 2.15 bits per heavy atom. The summed E-state index contributed by atoms with van der Waals surface area (Å²) < 4.78 is 1.63. The first-order chi connectivity index (χ1) is 6.31. The number of hydrogen-bond acceptors (Lipinski definition) is 0. The van der Waals surface area contributed by atoms with Gasteiger partial charge in [0.2, 0.25) is 0 Å². The van der Waals surface area contributed by atoms with Gasteiger partial charge in [-0.25, -0.2) is 0 Å². The number of halogens is 1. The maximum absolute atomic E-state index is 4.08. The first-order valence-electron chi connectivity index (χ1n) is 4.94. The molecule has 2 rings (SSSR count). The Morgan fingerprint density at radius 1 is 0.923 bits per heavy atom. The molecule has 0 saturated carbocycles. The van der Waals surface area contributed by atoms with E-state index < -0.39 is 11.7 Å². The Kier molecular flexibility index (Phi) is 3.16. The van der Waals surface area contributed by atoms with E-state index in [0.29, 0.717) is 0 Å². The van der Waals surface area contributed by atoms with Gasteiger partial charge in [-0.3, -0.25) is 0 Å². The predicted molar refractivity (Wildman–Crippen MR) is 64.2 cm³/mol. The van der Waals surface area contributed by atoms with Crippen LogP contribution in [-0.4, -0.2) is 11.7 Å². The van der Waals surface area contributed by atoms with Gasteiger partial charge in [-0.15, -0.1) is 0 Å². The van der Waals surface area contributed by atoms with E-state index in [1.807, 2.05) is 0 Å². The molecule has 1 heterocycles. The van der Waals surface area contributed by atoms with Crippen LogP contribution in [0.1, 0.15) is 19.3 Å². The van der Waals surface area contributed by atoms with E-state index in [0.717, 1.165) is 0 Å². The van der Waals surface area contributed by atoms with Crippen molar-refractivity contribution in [2.45, 2.75) is 29.7 Å². The molecule has 0 spiro atoms. The van der Waals surface area contributed by atoms with Gasteiger partial charge in [0.05, 0.1) is 0 Å². The van der Waals surface area contributed by atoms with Crippen molar-refractivity contribution in [1.82, 2.24) is 0 Å². The van der Waals surface area contributed by atoms with E-state index in [4.69, 9.17) is 0 Å². The molecule has 0 N–H and O–H groups in total. The molecule has 0 radical (unpaired) electrons. The fourth-order valence-corrected chi connectivity index (χ4v) is 11.9. The minimum atomic E-state index is -1.55. The van der Waals surface area contributed by atoms with E-state index in [2.05, 4.69) is 44.3 Å². The van der Waals surface area contributed by atoms with Crippen molar-refractivity contribution < 1.29 is 0 Å². The zero-order valence-corrected chi connectivity index (χ0v) is 11.2. The van der Waals surface area contributed by atoms with Crippen molar-refractivity contribution in [3.05, 3.63) is 30.3 Å². The van der Waals surface area contributed by atoms with Crippen LogP contribution in [0.2, 0.25) is 10.4 Å². The van der Waals surface area contributed by atoms with Crippen LogP contribution in [0, 0.1) is 0 Å². The second kappa shape index (κ2) is 4.19. The summed E-state index contributed by atoms with van der Waals surface area (Å²) in [6, 6.07) is 11.1. The van der Waals surface area contributed by atoms with E-state index >= 15 is 0 Å². The average molecular weight is 302 g/mol. The summed E-state index contributed by atoms with van der Waals surface area (Å²) in [5, 5.41) is 2.92. The van der Waals surface area contributed by atoms with Crippen molar-refractivity contribution in [3.8, 4) is 0 Å². The quantitative estimate of drug-likeness (QED) is 0.697. The van der Waals surface area contributed by atoms with Crippen molar-refractivity contribution in [1.29, 1.82) is 0 Å². The molecule has 0 aromatic heterocycles. The van der Waals surface area contributed by atoms with E-state index in [-0.39, 0.29) is 0 Å². The van der Waals surface area contributed by atoms with Gasteiger partial charge in [0, 0.05) is 0 Å². The van der Waals surface area contributed by atoms with E-state index in [1.165, 1.54) is 29.7 Å². The van der Waals surface area contributed by atoms with Crippen molar-refractivity contribution in [2.24, 2.45) is 0 Å². The van der Waals surface area contributed by atoms with Crippen molar-refractivity contribution in [2.75, 3.05) is 0 Å². The molecule has 13 heavy (non-hydrogen) atoms. The fraction of sp³-hybridized carbons (Fsp3) is 0.455. The summed E-state index contributed by atoms with van der Waals surface area (Å²) in [6.07, 6.45) is 4.32. The molecule has 0 unspecified atom stereocenters. The van der Waals surface area contributed by atoms with Crippen LogP contribution < -0.4 is 4.35 Å². The number of hydrogen-bond donors (Lipinski definition) is 0. The van der Waals surface area contributed by atoms with Crippen LogP contribution in [0.4, 0.5) is 0 Å². The standard InChI is InChI=1S/C11H15AsBr/c13-12(9-5-2-6-10-12)11-7-3-1-4-8-11/h1,3-4,7-8H,2,5-6,9-10H2/q+1. The third-order valence-electron chi connectivity index (χ3n) is 2.74. The van der Waals surface area contributed by atoms with Crippen LogP contribution in [0.15, 0.2) is 30.3 Å². The molecular weight excluding hydrogens is 287 g/mol. The Morgan fingerprint density at radius 2 is 1.54 bits per heavy atom. The average Bonchev–Trinajstić information content (AvgIpc) is 2.20. The first kappa shape index (κ1) is 9.80. The summed E-state index contributed by atoms with van der Waals surface area (Å²) in [4.78, 5) is 0. The van der Waals surface area contributed by atoms with Gasteiger partial charge in [-0.2, -0.15) is 0 Å². The molecule has 0 atom stereocenters. The molecule has 1 saturated heterocycles. The van der Waals surface area contributed by atoms with Gasteiger partial charge in [0.15, 0.2) is 0 Å². The van der Waals surface area contributed by atoms with Crippen LogP contribution in [0.3, 0.4) is 0 Å². The van der Waals surface area contributed by atoms with E-state index in [9.17, 15) is 0 Å². The Hall–Kier alpha value is 0.258. The maximum atomic E-state index is 4.08. The van der Waals surface area contributed by atoms with Gasteiger partial charge >= 0.3 is 90.0 Å². The second-order valence-corrected chi connectivity index (χ2v) is 17.3. The van der Waals surface area contributed by atoms with Crippen molar-refractivity contribution in [3.63, 3.8) is 0 Å². The summed E-state index contributed by atoms with van der Waals surface area (Å²) >= 11 is 2.52. The summed E-state index contributed by atoms with van der Waals surface area (Å²) in [5.41, 5.74) is 0. The normalized spacial score (nSPS) is 21.3. The van der Waals surface area contributed by atoms with Gasteiger partial charge in [-0.05, 0) is 0 Å². The minimum absolute atomic E-state index is 1.44. The molecule has 0 nitrogen and oxygen atoms in total. The third kappa shape index (κ3) is 2.19. The monoisotopic (exact) mass is 301 g/mol. The summed E-state index contributed by atoms with van der Waals surface area (Å²) in [7, 11) is 0. The molecule has 0 amide bonds. The van der Waals surface area contributed by atoms with E-state index in [1.54, 1.807) is 4.35 Å². The first-order valence-corrected chi connectivity index (χ1v) is 12.9.